The Kier molecular flexibility index (Phi) is 12.3. The number of methoxy groups -OCH3 is 1. The van der Waals surface area contributed by atoms with Gasteiger partial charge in [-0.3, -0.25) is 14.4 Å². The van der Waals surface area contributed by atoms with Gasteiger partial charge in [-0.15, -0.1) is 0 Å². The molecule has 3 atom stereocenters. The van der Waals surface area contributed by atoms with E-state index < -0.39 is 35.9 Å². The van der Waals surface area contributed by atoms with Crippen molar-refractivity contribution < 1.29 is 23.9 Å². The van der Waals surface area contributed by atoms with E-state index >= 15 is 0 Å². The first-order valence-electron chi connectivity index (χ1n) is 10.2. The van der Waals surface area contributed by atoms with Crippen LogP contribution in [0.4, 0.5) is 0 Å². The summed E-state index contributed by atoms with van der Waals surface area (Å²) in [6.07, 6.45) is 3.48. The largest absolute Gasteiger partial charge is 0.467 e. The lowest BCUT2D eigenvalue weighted by atomic mass is 10.0. The Morgan fingerprint density at radius 1 is 1.03 bits per heavy atom. The lowest BCUT2D eigenvalue weighted by Gasteiger charge is -2.25. The monoisotopic (exact) mass is 451 g/mol. The van der Waals surface area contributed by atoms with Gasteiger partial charge in [0.15, 0.2) is 0 Å². The molecule has 172 valence electrons. The highest BCUT2D eigenvalue weighted by Crippen LogP contribution is 2.09. The lowest BCUT2D eigenvalue weighted by Crippen LogP contribution is -2.56. The second kappa shape index (κ2) is 14.5. The number of nitrogens with one attached hydrogen (secondary N) is 3. The summed E-state index contributed by atoms with van der Waals surface area (Å²) in [5.74, 6) is -0.665. The Bertz CT molecular complexity index is 714. The minimum Gasteiger partial charge on any atom is -0.467 e. The Morgan fingerprint density at radius 3 is 2.19 bits per heavy atom. The summed E-state index contributed by atoms with van der Waals surface area (Å²) in [6.45, 7) is 3.87. The number of benzene rings is 1. The van der Waals surface area contributed by atoms with Crippen molar-refractivity contribution in [1.29, 1.82) is 0 Å². The number of ether oxygens (including phenoxy) is 1. The summed E-state index contributed by atoms with van der Waals surface area (Å²) in [6, 6.07) is 6.82. The van der Waals surface area contributed by atoms with Crippen LogP contribution in [0.1, 0.15) is 32.3 Å². The van der Waals surface area contributed by atoms with Crippen LogP contribution in [-0.2, 0) is 30.3 Å². The molecule has 1 rings (SSSR count). The molecular weight excluding hydrogens is 418 g/mol. The van der Waals surface area contributed by atoms with Gasteiger partial charge in [0.1, 0.15) is 18.1 Å². The fourth-order valence-corrected chi connectivity index (χ4v) is 3.51. The Morgan fingerprint density at radius 2 is 1.65 bits per heavy atom. The van der Waals surface area contributed by atoms with E-state index in [0.717, 1.165) is 5.56 Å². The molecule has 9 heteroatoms. The van der Waals surface area contributed by atoms with E-state index in [1.54, 1.807) is 11.8 Å². The Labute approximate surface area is 188 Å². The number of carbonyl (C=O) groups excluding carboxylic acids is 4. The van der Waals surface area contributed by atoms with Crippen LogP contribution in [0.2, 0.25) is 0 Å². The van der Waals surface area contributed by atoms with Gasteiger partial charge in [-0.05, 0) is 36.3 Å². The van der Waals surface area contributed by atoms with Crippen molar-refractivity contribution in [3.63, 3.8) is 0 Å². The van der Waals surface area contributed by atoms with Gasteiger partial charge in [0.2, 0.25) is 18.2 Å². The fourth-order valence-electron chi connectivity index (χ4n) is 3.04. The number of hydrogen-bond donors (Lipinski definition) is 3. The molecule has 8 nitrogen and oxygen atoms in total. The molecule has 0 aromatic heterocycles. The molecule has 0 saturated carbocycles. The second-order valence-electron chi connectivity index (χ2n) is 7.58. The number of hydrogen-bond acceptors (Lipinski definition) is 6. The van der Waals surface area contributed by atoms with Crippen molar-refractivity contribution in [3.05, 3.63) is 35.9 Å². The number of esters is 1. The van der Waals surface area contributed by atoms with E-state index in [-0.39, 0.29) is 12.3 Å². The van der Waals surface area contributed by atoms with Gasteiger partial charge in [0, 0.05) is 6.42 Å². The summed E-state index contributed by atoms with van der Waals surface area (Å²) in [5.41, 5.74) is 0.870. The molecule has 3 amide bonds. The summed E-state index contributed by atoms with van der Waals surface area (Å²) < 4.78 is 4.85. The van der Waals surface area contributed by atoms with Gasteiger partial charge >= 0.3 is 5.97 Å². The second-order valence-corrected chi connectivity index (χ2v) is 8.57. The molecule has 0 radical (unpaired) electrons. The van der Waals surface area contributed by atoms with Crippen molar-refractivity contribution >= 4 is 36.0 Å². The Hall–Kier alpha value is -2.55. The average Bonchev–Trinajstić information content (AvgIpc) is 2.75. The molecule has 0 heterocycles. The van der Waals surface area contributed by atoms with Crippen LogP contribution < -0.4 is 16.0 Å². The first-order chi connectivity index (χ1) is 14.8. The molecule has 1 aromatic carbocycles. The van der Waals surface area contributed by atoms with Crippen LogP contribution in [0.15, 0.2) is 30.3 Å². The van der Waals surface area contributed by atoms with E-state index in [4.69, 9.17) is 4.74 Å². The quantitative estimate of drug-likeness (QED) is 0.290. The number of carbonyl (C=O) groups is 4. The maximum absolute atomic E-state index is 13.0. The minimum absolute atomic E-state index is 0.116. The standard InChI is InChI=1S/C22H33N3O5S/c1-15(2)12-18(24-20(27)17(23-14-26)10-11-31-4)21(28)25-19(22(29)30-3)13-16-8-6-5-7-9-16/h5-9,14-15,17-19H,10-13H2,1-4H3,(H,23,26)(H,24,27)(H,25,28)/t17-,18-,19-/m0/s1. The molecule has 0 unspecified atom stereocenters. The summed E-state index contributed by atoms with van der Waals surface area (Å²) in [4.78, 5) is 48.8. The maximum atomic E-state index is 13.0. The van der Waals surface area contributed by atoms with Crippen LogP contribution in [0.25, 0.3) is 0 Å². The van der Waals surface area contributed by atoms with Gasteiger partial charge in [0.25, 0.3) is 0 Å². The zero-order chi connectivity index (χ0) is 23.2. The summed E-state index contributed by atoms with van der Waals surface area (Å²) in [7, 11) is 1.27. The van der Waals surface area contributed by atoms with E-state index in [2.05, 4.69) is 16.0 Å². The van der Waals surface area contributed by atoms with Crippen LogP contribution in [0, 0.1) is 5.92 Å². The van der Waals surface area contributed by atoms with Gasteiger partial charge < -0.3 is 20.7 Å². The van der Waals surface area contributed by atoms with Crippen LogP contribution in [0.3, 0.4) is 0 Å². The van der Waals surface area contributed by atoms with E-state index in [9.17, 15) is 19.2 Å². The van der Waals surface area contributed by atoms with E-state index in [0.29, 0.717) is 25.0 Å². The van der Waals surface area contributed by atoms with Crippen molar-refractivity contribution in [2.75, 3.05) is 19.1 Å². The van der Waals surface area contributed by atoms with Crippen LogP contribution in [-0.4, -0.2) is 61.4 Å². The van der Waals surface area contributed by atoms with Crippen molar-refractivity contribution in [2.45, 2.75) is 51.2 Å². The maximum Gasteiger partial charge on any atom is 0.328 e. The van der Waals surface area contributed by atoms with Crippen LogP contribution in [0.5, 0.6) is 0 Å². The topological polar surface area (TPSA) is 114 Å². The fraction of sp³-hybridized carbons (Fsp3) is 0.545. The molecule has 0 fully saturated rings. The molecule has 0 aliphatic heterocycles. The van der Waals surface area contributed by atoms with Gasteiger partial charge in [0.05, 0.1) is 7.11 Å². The van der Waals surface area contributed by atoms with E-state index in [1.165, 1.54) is 7.11 Å². The molecule has 31 heavy (non-hydrogen) atoms. The van der Waals surface area contributed by atoms with Crippen molar-refractivity contribution in [2.24, 2.45) is 5.92 Å². The number of thioether (sulfide) groups is 1. The molecule has 3 N–H and O–H groups in total. The smallest absolute Gasteiger partial charge is 0.328 e. The highest BCUT2D eigenvalue weighted by Gasteiger charge is 2.29. The SMILES string of the molecule is COC(=O)[C@H](Cc1ccccc1)NC(=O)[C@H](CC(C)C)NC(=O)[C@H](CCSC)NC=O. The number of amides is 3. The molecule has 1 aromatic rings. The molecule has 0 aliphatic rings. The van der Waals surface area contributed by atoms with E-state index in [1.807, 2.05) is 50.4 Å². The highest BCUT2D eigenvalue weighted by molar-refractivity contribution is 7.98. The van der Waals surface area contributed by atoms with Gasteiger partial charge in [-0.2, -0.15) is 11.8 Å². The van der Waals surface area contributed by atoms with Crippen molar-refractivity contribution in [1.82, 2.24) is 16.0 Å². The summed E-state index contributed by atoms with van der Waals surface area (Å²) in [5, 5.41) is 7.96. The predicted octanol–water partition coefficient (Wildman–Crippen LogP) is 1.29. The molecule has 0 saturated heterocycles. The first kappa shape index (κ1) is 26.5. The zero-order valence-corrected chi connectivity index (χ0v) is 19.4. The predicted molar refractivity (Wildman–Crippen MR) is 121 cm³/mol. The molecule has 0 spiro atoms. The lowest BCUT2D eigenvalue weighted by molar-refractivity contribution is -0.145. The third-order valence-electron chi connectivity index (χ3n) is 4.62. The Balaban J connectivity index is 2.93. The van der Waals surface area contributed by atoms with Gasteiger partial charge in [-0.1, -0.05) is 44.2 Å². The normalized spacial score (nSPS) is 13.6. The number of rotatable bonds is 14. The third-order valence-corrected chi connectivity index (χ3v) is 5.27. The molecule has 0 bridgehead atoms. The third kappa shape index (κ3) is 9.87. The molecule has 0 aliphatic carbocycles. The molecular formula is C22H33N3O5S. The average molecular weight is 452 g/mol. The highest BCUT2D eigenvalue weighted by atomic mass is 32.2. The van der Waals surface area contributed by atoms with Crippen molar-refractivity contribution in [3.8, 4) is 0 Å². The zero-order valence-electron chi connectivity index (χ0n) is 18.6. The first-order valence-corrected chi connectivity index (χ1v) is 11.6. The minimum atomic E-state index is -0.883. The van der Waals surface area contributed by atoms with Gasteiger partial charge in [-0.25, -0.2) is 4.79 Å². The summed E-state index contributed by atoms with van der Waals surface area (Å²) >= 11 is 1.56. The van der Waals surface area contributed by atoms with Crippen LogP contribution >= 0.6 is 11.8 Å².